The Kier molecular flexibility index (Phi) is 5.18. The van der Waals surface area contributed by atoms with Crippen LogP contribution in [0.3, 0.4) is 0 Å². The number of furan rings is 1. The van der Waals surface area contributed by atoms with Crippen molar-refractivity contribution in [3.05, 3.63) is 23.7 Å². The molecule has 2 aliphatic rings. The molecule has 2 fully saturated rings. The van der Waals surface area contributed by atoms with Crippen LogP contribution in [-0.4, -0.2) is 35.8 Å². The van der Waals surface area contributed by atoms with Gasteiger partial charge in [0.05, 0.1) is 11.8 Å². The van der Waals surface area contributed by atoms with Crippen LogP contribution in [0.25, 0.3) is 0 Å². The molecule has 5 heteroatoms. The SMILES string of the molecule is CC(C)CC(C)(C)C(=O)N(C)C1CC(NC(=O)c2ccoc2C2CC2)C1. The molecule has 0 saturated heterocycles. The van der Waals surface area contributed by atoms with Crippen LogP contribution in [0.2, 0.25) is 0 Å². The van der Waals surface area contributed by atoms with E-state index in [9.17, 15) is 9.59 Å². The van der Waals surface area contributed by atoms with E-state index in [4.69, 9.17) is 4.42 Å². The van der Waals surface area contributed by atoms with Crippen LogP contribution < -0.4 is 5.32 Å². The second-order valence-electron chi connectivity index (χ2n) is 9.17. The quantitative estimate of drug-likeness (QED) is 0.801. The summed E-state index contributed by atoms with van der Waals surface area (Å²) >= 11 is 0. The van der Waals surface area contributed by atoms with Gasteiger partial charge in [0.2, 0.25) is 5.91 Å². The summed E-state index contributed by atoms with van der Waals surface area (Å²) in [5.41, 5.74) is 0.339. The second-order valence-corrected chi connectivity index (χ2v) is 9.17. The number of nitrogens with zero attached hydrogens (tertiary/aromatic N) is 1. The van der Waals surface area contributed by atoms with Crippen molar-refractivity contribution in [3.63, 3.8) is 0 Å². The molecule has 1 aromatic rings. The van der Waals surface area contributed by atoms with Gasteiger partial charge in [-0.2, -0.15) is 0 Å². The van der Waals surface area contributed by atoms with E-state index in [1.54, 1.807) is 12.3 Å². The Morgan fingerprint density at radius 2 is 1.96 bits per heavy atom. The van der Waals surface area contributed by atoms with Crippen LogP contribution in [0.1, 0.15) is 81.8 Å². The van der Waals surface area contributed by atoms with Crippen molar-refractivity contribution in [2.45, 2.75) is 77.8 Å². The van der Waals surface area contributed by atoms with Gasteiger partial charge in [-0.3, -0.25) is 9.59 Å². The molecule has 1 N–H and O–H groups in total. The monoisotopic (exact) mass is 360 g/mol. The van der Waals surface area contributed by atoms with Crippen molar-refractivity contribution < 1.29 is 14.0 Å². The van der Waals surface area contributed by atoms with Gasteiger partial charge < -0.3 is 14.6 Å². The van der Waals surface area contributed by atoms with Crippen LogP contribution in [-0.2, 0) is 4.79 Å². The molecule has 5 nitrogen and oxygen atoms in total. The maximum Gasteiger partial charge on any atom is 0.255 e. The summed E-state index contributed by atoms with van der Waals surface area (Å²) in [6.45, 7) is 8.36. The molecule has 144 valence electrons. The van der Waals surface area contributed by atoms with Gasteiger partial charge in [0.25, 0.3) is 5.91 Å². The lowest BCUT2D eigenvalue weighted by Crippen LogP contribution is -2.56. The van der Waals surface area contributed by atoms with Crippen LogP contribution in [0.4, 0.5) is 0 Å². The number of nitrogens with one attached hydrogen (secondary N) is 1. The molecule has 26 heavy (non-hydrogen) atoms. The Labute approximate surface area is 156 Å². The van der Waals surface area contributed by atoms with Crippen LogP contribution >= 0.6 is 0 Å². The van der Waals surface area contributed by atoms with Crippen LogP contribution in [0.5, 0.6) is 0 Å². The molecule has 1 heterocycles. The lowest BCUT2D eigenvalue weighted by Gasteiger charge is -2.44. The summed E-state index contributed by atoms with van der Waals surface area (Å²) in [4.78, 5) is 27.2. The Morgan fingerprint density at radius 3 is 2.54 bits per heavy atom. The third-order valence-electron chi connectivity index (χ3n) is 5.70. The fourth-order valence-corrected chi connectivity index (χ4v) is 4.21. The maximum absolute atomic E-state index is 12.8. The van der Waals surface area contributed by atoms with E-state index in [2.05, 4.69) is 19.2 Å². The molecular weight excluding hydrogens is 328 g/mol. The number of hydrogen-bond acceptors (Lipinski definition) is 3. The van der Waals surface area contributed by atoms with Crippen LogP contribution in [0, 0.1) is 11.3 Å². The first kappa shape index (κ1) is 19.0. The van der Waals surface area contributed by atoms with Gasteiger partial charge >= 0.3 is 0 Å². The fourth-order valence-electron chi connectivity index (χ4n) is 4.21. The number of carbonyl (C=O) groups is 2. The van der Waals surface area contributed by atoms with Gasteiger partial charge in [0.15, 0.2) is 0 Å². The normalized spacial score (nSPS) is 22.8. The molecular formula is C21H32N2O3. The van der Waals surface area contributed by atoms with Crippen molar-refractivity contribution in [3.8, 4) is 0 Å². The Balaban J connectivity index is 1.50. The average molecular weight is 360 g/mol. The molecule has 0 aliphatic heterocycles. The molecule has 0 aromatic carbocycles. The van der Waals surface area contributed by atoms with Gasteiger partial charge in [-0.05, 0) is 44.1 Å². The van der Waals surface area contributed by atoms with E-state index in [1.807, 2.05) is 25.8 Å². The number of amides is 2. The minimum atomic E-state index is -0.340. The van der Waals surface area contributed by atoms with Gasteiger partial charge in [0, 0.05) is 30.5 Å². The summed E-state index contributed by atoms with van der Waals surface area (Å²) < 4.78 is 5.49. The minimum Gasteiger partial charge on any atom is -0.468 e. The number of rotatable bonds is 7. The Morgan fingerprint density at radius 1 is 1.31 bits per heavy atom. The predicted molar refractivity (Wildman–Crippen MR) is 101 cm³/mol. The van der Waals surface area contributed by atoms with Gasteiger partial charge in [0.1, 0.15) is 5.76 Å². The third-order valence-corrected chi connectivity index (χ3v) is 5.70. The first-order valence-corrected chi connectivity index (χ1v) is 9.84. The average Bonchev–Trinajstić information content (AvgIpc) is 3.24. The molecule has 2 amide bonds. The zero-order chi connectivity index (χ0) is 19.1. The van der Waals surface area contributed by atoms with E-state index >= 15 is 0 Å². The Hall–Kier alpha value is -1.78. The molecule has 3 rings (SSSR count). The molecule has 0 bridgehead atoms. The molecule has 0 radical (unpaired) electrons. The molecule has 2 saturated carbocycles. The highest BCUT2D eigenvalue weighted by atomic mass is 16.3. The lowest BCUT2D eigenvalue weighted by molar-refractivity contribution is -0.144. The van der Waals surface area contributed by atoms with Crippen molar-refractivity contribution in [1.29, 1.82) is 0 Å². The minimum absolute atomic E-state index is 0.0433. The standard InChI is InChI=1S/C21H32N2O3/c1-13(2)12-21(3,4)20(25)23(5)16-10-15(11-16)22-19(24)17-8-9-26-18(17)14-6-7-14/h8-9,13-16H,6-7,10-12H2,1-5H3,(H,22,24). The van der Waals surface area contributed by atoms with Gasteiger partial charge in [-0.1, -0.05) is 27.7 Å². The molecule has 0 spiro atoms. The van der Waals surface area contributed by atoms with Crippen molar-refractivity contribution in [1.82, 2.24) is 10.2 Å². The summed E-state index contributed by atoms with van der Waals surface area (Å²) in [6, 6.07) is 2.12. The summed E-state index contributed by atoms with van der Waals surface area (Å²) in [5, 5.41) is 3.10. The smallest absolute Gasteiger partial charge is 0.255 e. The van der Waals surface area contributed by atoms with E-state index < -0.39 is 0 Å². The fraction of sp³-hybridized carbons (Fsp3) is 0.714. The maximum atomic E-state index is 12.8. The van der Waals surface area contributed by atoms with E-state index in [-0.39, 0.29) is 29.3 Å². The van der Waals surface area contributed by atoms with Gasteiger partial charge in [-0.15, -0.1) is 0 Å². The third kappa shape index (κ3) is 3.97. The van der Waals surface area contributed by atoms with Crippen molar-refractivity contribution in [2.75, 3.05) is 7.05 Å². The topological polar surface area (TPSA) is 62.6 Å². The highest BCUT2D eigenvalue weighted by Crippen LogP contribution is 2.42. The summed E-state index contributed by atoms with van der Waals surface area (Å²) in [7, 11) is 1.90. The molecule has 1 aromatic heterocycles. The van der Waals surface area contributed by atoms with Crippen LogP contribution in [0.15, 0.2) is 16.7 Å². The van der Waals surface area contributed by atoms with Crippen molar-refractivity contribution >= 4 is 11.8 Å². The first-order chi connectivity index (χ1) is 12.2. The highest BCUT2D eigenvalue weighted by molar-refractivity contribution is 5.95. The Bertz CT molecular complexity index is 667. The van der Waals surface area contributed by atoms with E-state index in [1.165, 1.54) is 0 Å². The highest BCUT2D eigenvalue weighted by Gasteiger charge is 2.40. The summed E-state index contributed by atoms with van der Waals surface area (Å²) in [6.07, 6.45) is 6.35. The van der Waals surface area contributed by atoms with Gasteiger partial charge in [-0.25, -0.2) is 0 Å². The number of hydrogen-bond donors (Lipinski definition) is 1. The van der Waals surface area contributed by atoms with E-state index in [0.29, 0.717) is 17.4 Å². The molecule has 2 aliphatic carbocycles. The van der Waals surface area contributed by atoms with Crippen molar-refractivity contribution in [2.24, 2.45) is 11.3 Å². The molecule has 0 unspecified atom stereocenters. The zero-order valence-electron chi connectivity index (χ0n) is 16.7. The first-order valence-electron chi connectivity index (χ1n) is 9.84. The lowest BCUT2D eigenvalue weighted by atomic mass is 9.80. The largest absolute Gasteiger partial charge is 0.468 e. The predicted octanol–water partition coefficient (Wildman–Crippen LogP) is 3.95. The summed E-state index contributed by atoms with van der Waals surface area (Å²) in [5.74, 6) is 1.91. The second kappa shape index (κ2) is 7.09. The van der Waals surface area contributed by atoms with E-state index in [0.717, 1.165) is 37.9 Å². The zero-order valence-corrected chi connectivity index (χ0v) is 16.7. The molecule has 0 atom stereocenters. The number of carbonyl (C=O) groups excluding carboxylic acids is 2.